The maximum Gasteiger partial charge on any atom is 0.206 e. The monoisotopic (exact) mass is 343 g/mol. The molecule has 5 rings (SSSR count). The van der Waals surface area contributed by atoms with E-state index < -0.39 is 23.2 Å². The molecule has 4 atom stereocenters. The fourth-order valence-corrected chi connectivity index (χ4v) is 5.76. The Morgan fingerprint density at radius 1 is 1.44 bits per heavy atom. The van der Waals surface area contributed by atoms with Crippen molar-refractivity contribution in [3.05, 3.63) is 35.4 Å². The second-order valence-corrected chi connectivity index (χ2v) is 7.60. The molecule has 0 aromatic heterocycles. The topological polar surface area (TPSA) is 79.2 Å². The van der Waals surface area contributed by atoms with Crippen LogP contribution in [0.15, 0.2) is 24.3 Å². The first kappa shape index (κ1) is 15.4. The number of benzene rings is 1. The Bertz CT molecular complexity index is 835. The van der Waals surface area contributed by atoms with Crippen molar-refractivity contribution < 1.29 is 24.5 Å². The van der Waals surface area contributed by atoms with Crippen molar-refractivity contribution in [2.24, 2.45) is 0 Å². The van der Waals surface area contributed by atoms with Gasteiger partial charge in [-0.3, -0.25) is 9.69 Å². The van der Waals surface area contributed by atoms with Crippen molar-refractivity contribution in [3.8, 4) is 11.5 Å². The van der Waals surface area contributed by atoms with Gasteiger partial charge in [-0.2, -0.15) is 0 Å². The van der Waals surface area contributed by atoms with Gasteiger partial charge in [-0.15, -0.1) is 0 Å². The minimum absolute atomic E-state index is 0.174. The first-order chi connectivity index (χ1) is 11.9. The number of likely N-dealkylation sites (tertiary alicyclic amines) is 1. The summed E-state index contributed by atoms with van der Waals surface area (Å²) in [5, 5.41) is 22.2. The highest BCUT2D eigenvalue weighted by Crippen LogP contribution is 2.67. The van der Waals surface area contributed by atoms with E-state index in [1.54, 1.807) is 13.2 Å². The number of aliphatic hydroxyl groups excluding tert-OH is 1. The van der Waals surface area contributed by atoms with Gasteiger partial charge in [0.25, 0.3) is 0 Å². The van der Waals surface area contributed by atoms with Crippen molar-refractivity contribution in [1.82, 2.24) is 4.90 Å². The zero-order valence-electron chi connectivity index (χ0n) is 14.3. The van der Waals surface area contributed by atoms with Gasteiger partial charge in [0.15, 0.2) is 11.5 Å². The summed E-state index contributed by atoms with van der Waals surface area (Å²) in [6, 6.07) is 3.66. The van der Waals surface area contributed by atoms with E-state index in [4.69, 9.17) is 9.47 Å². The predicted octanol–water partition coefficient (Wildman–Crippen LogP) is 0.187. The minimum Gasteiger partial charge on any atom is -0.493 e. The average molecular weight is 343 g/mol. The van der Waals surface area contributed by atoms with Crippen molar-refractivity contribution in [2.75, 3.05) is 27.3 Å². The summed E-state index contributed by atoms with van der Waals surface area (Å²) in [7, 11) is 3.55. The van der Waals surface area contributed by atoms with Gasteiger partial charge in [0.05, 0.1) is 19.1 Å². The van der Waals surface area contributed by atoms with E-state index in [2.05, 4.69) is 4.90 Å². The summed E-state index contributed by atoms with van der Waals surface area (Å²) in [5.74, 6) is 0.726. The summed E-state index contributed by atoms with van der Waals surface area (Å²) in [4.78, 5) is 15.1. The zero-order chi connectivity index (χ0) is 17.6. The molecule has 132 valence electrons. The molecule has 2 N–H and O–H groups in total. The summed E-state index contributed by atoms with van der Waals surface area (Å²) in [6.45, 7) is 0.238. The molecule has 6 nitrogen and oxygen atoms in total. The molecule has 0 radical (unpaired) electrons. The molecule has 0 amide bonds. The molecule has 2 aliphatic carbocycles. The second kappa shape index (κ2) is 4.44. The number of hydrogen-bond acceptors (Lipinski definition) is 6. The van der Waals surface area contributed by atoms with Crippen LogP contribution in [-0.4, -0.2) is 65.4 Å². The third-order valence-corrected chi connectivity index (χ3v) is 6.91. The molecule has 1 aromatic rings. The lowest BCUT2D eigenvalue weighted by molar-refractivity contribution is -0.184. The lowest BCUT2D eigenvalue weighted by Gasteiger charge is -2.62. The van der Waals surface area contributed by atoms with Crippen LogP contribution in [0.5, 0.6) is 11.5 Å². The van der Waals surface area contributed by atoms with Crippen molar-refractivity contribution >= 4 is 5.78 Å². The van der Waals surface area contributed by atoms with Crippen molar-refractivity contribution in [2.45, 2.75) is 35.5 Å². The molecular weight excluding hydrogens is 322 g/mol. The number of ketones is 1. The number of carbonyl (C=O) groups is 1. The van der Waals surface area contributed by atoms with Crippen LogP contribution >= 0.6 is 0 Å². The Balaban J connectivity index is 1.93. The molecule has 2 aliphatic heterocycles. The van der Waals surface area contributed by atoms with Gasteiger partial charge >= 0.3 is 0 Å². The molecule has 6 heteroatoms. The van der Waals surface area contributed by atoms with E-state index in [0.717, 1.165) is 17.7 Å². The van der Waals surface area contributed by atoms with Crippen LogP contribution < -0.4 is 9.47 Å². The number of carbonyl (C=O) groups excluding carboxylic acids is 1. The van der Waals surface area contributed by atoms with Gasteiger partial charge in [-0.05, 0) is 50.2 Å². The first-order valence-electron chi connectivity index (χ1n) is 8.62. The number of aliphatic hydroxyl groups is 2. The third kappa shape index (κ3) is 1.36. The molecule has 1 aromatic carbocycles. The van der Waals surface area contributed by atoms with E-state index in [0.29, 0.717) is 24.3 Å². The molecule has 0 saturated carbocycles. The van der Waals surface area contributed by atoms with E-state index in [1.165, 1.54) is 6.08 Å². The number of rotatable bonds is 2. The fraction of sp³-hybridized carbons (Fsp3) is 0.526. The Morgan fingerprint density at radius 2 is 2.24 bits per heavy atom. The van der Waals surface area contributed by atoms with Gasteiger partial charge in [0.2, 0.25) is 11.4 Å². The molecule has 1 unspecified atom stereocenters. The number of nitrogens with zero attached hydrogens (tertiary/aromatic N) is 1. The fourth-order valence-electron chi connectivity index (χ4n) is 5.76. The quantitative estimate of drug-likeness (QED) is 0.798. The van der Waals surface area contributed by atoms with Gasteiger partial charge in [-0.1, -0.05) is 6.07 Å². The summed E-state index contributed by atoms with van der Waals surface area (Å²) >= 11 is 0. The molecule has 25 heavy (non-hydrogen) atoms. The number of methoxy groups -OCH3 is 1. The van der Waals surface area contributed by atoms with E-state index in [-0.39, 0.29) is 11.8 Å². The van der Waals surface area contributed by atoms with E-state index >= 15 is 0 Å². The number of ether oxygens (including phenoxy) is 2. The molecular formula is C19H21NO5. The minimum atomic E-state index is -1.50. The van der Waals surface area contributed by atoms with Crippen LogP contribution in [0.4, 0.5) is 0 Å². The molecule has 1 fully saturated rings. The number of hydrogen-bond donors (Lipinski definition) is 2. The summed E-state index contributed by atoms with van der Waals surface area (Å²) < 4.78 is 11.7. The second-order valence-electron chi connectivity index (χ2n) is 7.60. The van der Waals surface area contributed by atoms with Crippen LogP contribution in [0, 0.1) is 0 Å². The third-order valence-electron chi connectivity index (χ3n) is 6.91. The number of likely N-dealkylation sites (N-methyl/N-ethyl adjacent to an activating group) is 1. The highest BCUT2D eigenvalue weighted by Gasteiger charge is 2.78. The highest BCUT2D eigenvalue weighted by molar-refractivity contribution is 6.02. The van der Waals surface area contributed by atoms with Crippen LogP contribution in [0.1, 0.15) is 17.5 Å². The molecule has 2 bridgehead atoms. The van der Waals surface area contributed by atoms with E-state index in [9.17, 15) is 15.0 Å². The van der Waals surface area contributed by atoms with Gasteiger partial charge in [0.1, 0.15) is 5.60 Å². The maximum atomic E-state index is 13.0. The molecule has 1 spiro atoms. The maximum absolute atomic E-state index is 13.0. The molecule has 1 saturated heterocycles. The van der Waals surface area contributed by atoms with Crippen LogP contribution in [-0.2, 0) is 16.6 Å². The van der Waals surface area contributed by atoms with Gasteiger partial charge in [-0.25, -0.2) is 0 Å². The molecule has 4 aliphatic rings. The Morgan fingerprint density at radius 3 is 2.96 bits per heavy atom. The van der Waals surface area contributed by atoms with Gasteiger partial charge in [0, 0.05) is 11.6 Å². The average Bonchev–Trinajstić information content (AvgIpc) is 2.93. The lowest BCUT2D eigenvalue weighted by Crippen LogP contribution is -2.79. The SMILES string of the molecule is COc1ccc2c3c1O[C@@]1(CO)C(=O)C=CC4(O)[C@@H](C2)N(C)CC[C@@]341. The predicted molar refractivity (Wildman–Crippen MR) is 89.0 cm³/mol. The number of piperidine rings is 1. The Kier molecular flexibility index (Phi) is 2.73. The highest BCUT2D eigenvalue weighted by atomic mass is 16.5. The standard InChI is InChI=1S/C19H21NO5/c1-20-8-7-17-15-11-3-4-12(24-2)16(15)25-19(17,10-21)14(22)5-6-18(17,23)13(20)9-11/h3-6,13,21,23H,7-10H2,1-2H3/t13-,17-,18?,19+/m1/s1. The summed E-state index contributed by atoms with van der Waals surface area (Å²) in [6.07, 6.45) is 4.19. The molecule has 2 heterocycles. The van der Waals surface area contributed by atoms with Crippen molar-refractivity contribution in [1.29, 1.82) is 0 Å². The van der Waals surface area contributed by atoms with Gasteiger partial charge < -0.3 is 19.7 Å². The normalized spacial score (nSPS) is 40.6. The first-order valence-corrected chi connectivity index (χ1v) is 8.62. The van der Waals surface area contributed by atoms with Crippen molar-refractivity contribution in [3.63, 3.8) is 0 Å². The summed E-state index contributed by atoms with van der Waals surface area (Å²) in [5.41, 5.74) is -1.88. The van der Waals surface area contributed by atoms with Crippen LogP contribution in [0.2, 0.25) is 0 Å². The van der Waals surface area contributed by atoms with Crippen LogP contribution in [0.3, 0.4) is 0 Å². The Hall–Kier alpha value is -1.89. The zero-order valence-corrected chi connectivity index (χ0v) is 14.3. The lowest BCUT2D eigenvalue weighted by atomic mass is 9.47. The smallest absolute Gasteiger partial charge is 0.206 e. The Labute approximate surface area is 145 Å². The van der Waals surface area contributed by atoms with E-state index in [1.807, 2.05) is 19.2 Å². The largest absolute Gasteiger partial charge is 0.493 e. The van der Waals surface area contributed by atoms with Crippen LogP contribution in [0.25, 0.3) is 0 Å².